The summed E-state index contributed by atoms with van der Waals surface area (Å²) in [6.07, 6.45) is 0.391. The molecule has 192 valence electrons. The molecule has 1 aliphatic rings. The zero-order valence-electron chi connectivity index (χ0n) is 21.0. The van der Waals surface area contributed by atoms with Crippen molar-refractivity contribution < 1.29 is 22.7 Å². The first-order chi connectivity index (χ1) is 16.7. The lowest BCUT2D eigenvalue weighted by molar-refractivity contribution is -0.123. The first-order valence-electron chi connectivity index (χ1n) is 12.0. The molecule has 1 saturated heterocycles. The summed E-state index contributed by atoms with van der Waals surface area (Å²) in [7, 11) is -2.21. The van der Waals surface area contributed by atoms with Crippen LogP contribution in [0.3, 0.4) is 0 Å². The van der Waals surface area contributed by atoms with Crippen molar-refractivity contribution in [2.24, 2.45) is 5.92 Å². The second kappa shape index (κ2) is 12.5. The van der Waals surface area contributed by atoms with Gasteiger partial charge in [-0.2, -0.15) is 4.72 Å². The molecular formula is C26H37N3O5S. The summed E-state index contributed by atoms with van der Waals surface area (Å²) >= 11 is 0. The summed E-state index contributed by atoms with van der Waals surface area (Å²) in [4.78, 5) is 15.7. The Kier molecular flexibility index (Phi) is 9.68. The van der Waals surface area contributed by atoms with Gasteiger partial charge in [-0.1, -0.05) is 43.7 Å². The van der Waals surface area contributed by atoms with E-state index in [1.165, 1.54) is 0 Å². The molecule has 2 N–H and O–H groups in total. The Labute approximate surface area is 209 Å². The number of amides is 1. The zero-order chi connectivity index (χ0) is 25.4. The minimum absolute atomic E-state index is 0.0674. The highest BCUT2D eigenvalue weighted by Gasteiger charge is 2.29. The van der Waals surface area contributed by atoms with E-state index >= 15 is 0 Å². The van der Waals surface area contributed by atoms with E-state index in [-0.39, 0.29) is 22.8 Å². The van der Waals surface area contributed by atoms with Crippen LogP contribution in [0.25, 0.3) is 0 Å². The van der Waals surface area contributed by atoms with Crippen molar-refractivity contribution in [1.29, 1.82) is 0 Å². The Morgan fingerprint density at radius 3 is 2.26 bits per heavy atom. The largest absolute Gasteiger partial charge is 0.497 e. The van der Waals surface area contributed by atoms with Crippen molar-refractivity contribution in [3.63, 3.8) is 0 Å². The van der Waals surface area contributed by atoms with E-state index in [1.807, 2.05) is 45.0 Å². The Morgan fingerprint density at radius 2 is 1.69 bits per heavy atom. The Morgan fingerprint density at radius 1 is 1.06 bits per heavy atom. The van der Waals surface area contributed by atoms with E-state index < -0.39 is 16.1 Å². The molecule has 0 bridgehead atoms. The lowest BCUT2D eigenvalue weighted by Crippen LogP contribution is -2.50. The summed E-state index contributed by atoms with van der Waals surface area (Å²) in [6.45, 7) is 8.95. The van der Waals surface area contributed by atoms with Crippen molar-refractivity contribution >= 4 is 15.9 Å². The fourth-order valence-electron chi connectivity index (χ4n) is 4.15. The number of carbonyl (C=O) groups excluding carboxylic acids is 1. The monoisotopic (exact) mass is 503 g/mol. The zero-order valence-corrected chi connectivity index (χ0v) is 21.8. The molecule has 0 radical (unpaired) electrons. The quantitative estimate of drug-likeness (QED) is 0.490. The molecule has 9 heteroatoms. The fraction of sp³-hybridized carbons (Fsp3) is 0.500. The molecule has 1 fully saturated rings. The first kappa shape index (κ1) is 27.1. The Hall–Kier alpha value is -2.46. The van der Waals surface area contributed by atoms with Gasteiger partial charge in [-0.25, -0.2) is 8.42 Å². The van der Waals surface area contributed by atoms with Crippen LogP contribution in [0.15, 0.2) is 53.4 Å². The van der Waals surface area contributed by atoms with Gasteiger partial charge in [0, 0.05) is 19.6 Å². The minimum atomic E-state index is -3.84. The topological polar surface area (TPSA) is 97.0 Å². The number of hydrogen-bond acceptors (Lipinski definition) is 6. The molecular weight excluding hydrogens is 466 g/mol. The third kappa shape index (κ3) is 7.76. The van der Waals surface area contributed by atoms with E-state index in [4.69, 9.17) is 9.47 Å². The number of sulfonamides is 1. The molecule has 0 unspecified atom stereocenters. The number of morpholine rings is 1. The minimum Gasteiger partial charge on any atom is -0.497 e. The van der Waals surface area contributed by atoms with Gasteiger partial charge in [-0.05, 0) is 49.1 Å². The van der Waals surface area contributed by atoms with Crippen LogP contribution in [-0.4, -0.2) is 65.2 Å². The predicted molar refractivity (Wildman–Crippen MR) is 136 cm³/mol. The predicted octanol–water partition coefficient (Wildman–Crippen LogP) is 2.89. The van der Waals surface area contributed by atoms with Crippen molar-refractivity contribution in [3.05, 3.63) is 59.7 Å². The van der Waals surface area contributed by atoms with Crippen LogP contribution in [0.5, 0.6) is 5.75 Å². The van der Waals surface area contributed by atoms with Gasteiger partial charge in [-0.15, -0.1) is 0 Å². The van der Waals surface area contributed by atoms with Crippen LogP contribution >= 0.6 is 0 Å². The molecule has 0 aromatic heterocycles. The average Bonchev–Trinajstić information content (AvgIpc) is 2.84. The molecule has 35 heavy (non-hydrogen) atoms. The number of methoxy groups -OCH3 is 1. The van der Waals surface area contributed by atoms with Gasteiger partial charge in [0.2, 0.25) is 15.9 Å². The van der Waals surface area contributed by atoms with Gasteiger partial charge >= 0.3 is 0 Å². The van der Waals surface area contributed by atoms with E-state index in [9.17, 15) is 13.2 Å². The standard InChI is InChI=1S/C26H37N3O5S/c1-19(2)17-24(28-35(31,32)23-11-5-20(3)6-12-23)26(30)27-18-25(29-13-15-34-16-14-29)21-7-9-22(33-4)10-8-21/h5-12,19,24-25,28H,13-18H2,1-4H3,(H,27,30)/t24-,25+/m1/s1. The van der Waals surface area contributed by atoms with Gasteiger partial charge in [0.25, 0.3) is 0 Å². The van der Waals surface area contributed by atoms with E-state index in [0.29, 0.717) is 26.2 Å². The summed E-state index contributed by atoms with van der Waals surface area (Å²) in [5.74, 6) is 0.560. The molecule has 2 atom stereocenters. The summed E-state index contributed by atoms with van der Waals surface area (Å²) in [6, 6.07) is 13.5. The fourth-order valence-corrected chi connectivity index (χ4v) is 5.35. The number of carbonyl (C=O) groups is 1. The lowest BCUT2D eigenvalue weighted by atomic mass is 10.0. The van der Waals surface area contributed by atoms with Crippen molar-refractivity contribution in [1.82, 2.24) is 14.9 Å². The van der Waals surface area contributed by atoms with Crippen LogP contribution in [0.1, 0.15) is 37.4 Å². The second-order valence-corrected chi connectivity index (χ2v) is 11.0. The van der Waals surface area contributed by atoms with E-state index in [2.05, 4.69) is 14.9 Å². The van der Waals surface area contributed by atoms with E-state index in [0.717, 1.165) is 30.0 Å². The number of aryl methyl sites for hydroxylation is 1. The number of hydrogen-bond donors (Lipinski definition) is 2. The summed E-state index contributed by atoms with van der Waals surface area (Å²) < 4.78 is 39.4. The maximum absolute atomic E-state index is 13.3. The maximum Gasteiger partial charge on any atom is 0.241 e. The second-order valence-electron chi connectivity index (χ2n) is 9.30. The van der Waals surface area contributed by atoms with Gasteiger partial charge in [0.05, 0.1) is 31.3 Å². The average molecular weight is 504 g/mol. The van der Waals surface area contributed by atoms with Crippen molar-refractivity contribution in [3.8, 4) is 5.75 Å². The molecule has 1 heterocycles. The lowest BCUT2D eigenvalue weighted by Gasteiger charge is -2.35. The molecule has 1 aliphatic heterocycles. The molecule has 1 amide bonds. The van der Waals surface area contributed by atoms with Crippen LogP contribution in [-0.2, 0) is 19.6 Å². The third-order valence-corrected chi connectivity index (χ3v) is 7.60. The van der Waals surface area contributed by atoms with Crippen LogP contribution in [0.4, 0.5) is 0 Å². The Bertz CT molecular complexity index is 1050. The Balaban J connectivity index is 1.75. The van der Waals surface area contributed by atoms with Crippen molar-refractivity contribution in [2.45, 2.75) is 44.2 Å². The molecule has 0 aliphatic carbocycles. The van der Waals surface area contributed by atoms with Gasteiger partial charge in [0.1, 0.15) is 11.8 Å². The van der Waals surface area contributed by atoms with Crippen molar-refractivity contribution in [2.75, 3.05) is 40.0 Å². The van der Waals surface area contributed by atoms with Crippen LogP contribution in [0, 0.1) is 12.8 Å². The number of benzene rings is 2. The molecule has 2 aromatic rings. The van der Waals surface area contributed by atoms with Crippen LogP contribution < -0.4 is 14.8 Å². The van der Waals surface area contributed by atoms with Crippen LogP contribution in [0.2, 0.25) is 0 Å². The highest BCUT2D eigenvalue weighted by molar-refractivity contribution is 7.89. The summed E-state index contributed by atoms with van der Waals surface area (Å²) in [5.41, 5.74) is 2.02. The normalized spacial score (nSPS) is 16.6. The van der Waals surface area contributed by atoms with E-state index in [1.54, 1.807) is 31.4 Å². The van der Waals surface area contributed by atoms with Gasteiger partial charge < -0.3 is 14.8 Å². The smallest absolute Gasteiger partial charge is 0.241 e. The highest BCUT2D eigenvalue weighted by atomic mass is 32.2. The first-order valence-corrected chi connectivity index (χ1v) is 13.5. The molecule has 2 aromatic carbocycles. The summed E-state index contributed by atoms with van der Waals surface area (Å²) in [5, 5.41) is 3.02. The SMILES string of the molecule is COc1ccc([C@H](CNC(=O)[C@@H](CC(C)C)NS(=O)(=O)c2ccc(C)cc2)N2CCOCC2)cc1. The third-order valence-electron chi connectivity index (χ3n) is 6.11. The molecule has 0 spiro atoms. The molecule has 3 rings (SSSR count). The van der Waals surface area contributed by atoms with Gasteiger partial charge in [0.15, 0.2) is 0 Å². The van der Waals surface area contributed by atoms with Gasteiger partial charge in [-0.3, -0.25) is 9.69 Å². The number of nitrogens with one attached hydrogen (secondary N) is 2. The number of nitrogens with zero attached hydrogens (tertiary/aromatic N) is 1. The highest BCUT2D eigenvalue weighted by Crippen LogP contribution is 2.24. The molecule has 8 nitrogen and oxygen atoms in total. The maximum atomic E-state index is 13.3. The number of ether oxygens (including phenoxy) is 2. The number of rotatable bonds is 11. The molecule has 0 saturated carbocycles.